The van der Waals surface area contributed by atoms with Crippen LogP contribution in [-0.4, -0.2) is 76.4 Å². The van der Waals surface area contributed by atoms with E-state index in [4.69, 9.17) is 24.5 Å². The van der Waals surface area contributed by atoms with Gasteiger partial charge in [-0.1, -0.05) is 39.5 Å². The van der Waals surface area contributed by atoms with Crippen molar-refractivity contribution in [3.05, 3.63) is 22.7 Å². The third-order valence-corrected chi connectivity index (χ3v) is 8.59. The Balaban J connectivity index is 2.19. The molecule has 0 bridgehead atoms. The Morgan fingerprint density at radius 3 is 2.14 bits per heavy atom. The number of nitrogen functional groups attached to an aromatic ring is 1. The Labute approximate surface area is 245 Å². The predicted octanol–water partition coefficient (Wildman–Crippen LogP) is 2.36. The molecule has 16 heteroatoms. The van der Waals surface area contributed by atoms with Crippen LogP contribution in [0.2, 0.25) is 0 Å². The fourth-order valence-corrected chi connectivity index (χ4v) is 6.01. The maximum Gasteiger partial charge on any atom is 0.351 e. The highest BCUT2D eigenvalue weighted by Gasteiger charge is 2.55. The van der Waals surface area contributed by atoms with Crippen molar-refractivity contribution in [1.82, 2.24) is 19.7 Å². The summed E-state index contributed by atoms with van der Waals surface area (Å²) in [5.74, 6) is -1.48. The number of ether oxygens (including phenoxy) is 3. The zero-order chi connectivity index (χ0) is 31.5. The smallest absolute Gasteiger partial charge is 0.351 e. The first-order valence-electron chi connectivity index (χ1n) is 14.2. The Morgan fingerprint density at radius 2 is 1.67 bits per heavy atom. The van der Waals surface area contributed by atoms with Crippen molar-refractivity contribution in [2.45, 2.75) is 109 Å². The SMILES string of the molecule is CCCCCOC(=O)[C@H](C)NP(=O)(N[C@@H](C)C(=O)OCCCCC)OC[C@@]1(C)O[C@@H](n2ccc(N)nc2=O)[C@H](O)[C@@H]1F. The van der Waals surface area contributed by atoms with Gasteiger partial charge in [-0.05, 0) is 39.7 Å². The van der Waals surface area contributed by atoms with Gasteiger partial charge >= 0.3 is 25.3 Å². The second-order valence-corrected chi connectivity index (χ2v) is 12.4. The number of aromatic nitrogens is 2. The van der Waals surface area contributed by atoms with Crippen molar-refractivity contribution in [3.8, 4) is 0 Å². The predicted molar refractivity (Wildman–Crippen MR) is 152 cm³/mol. The lowest BCUT2D eigenvalue weighted by atomic mass is 10.0. The van der Waals surface area contributed by atoms with E-state index in [0.29, 0.717) is 12.8 Å². The van der Waals surface area contributed by atoms with Crippen LogP contribution in [0.25, 0.3) is 0 Å². The molecule has 6 atom stereocenters. The van der Waals surface area contributed by atoms with Gasteiger partial charge in [-0.2, -0.15) is 4.98 Å². The second-order valence-electron chi connectivity index (χ2n) is 10.5. The maximum atomic E-state index is 15.4. The Morgan fingerprint density at radius 1 is 1.14 bits per heavy atom. The first-order chi connectivity index (χ1) is 19.8. The first kappa shape index (κ1) is 35.8. The van der Waals surface area contributed by atoms with Crippen molar-refractivity contribution < 1.29 is 42.4 Å². The van der Waals surface area contributed by atoms with Crippen LogP contribution in [0.5, 0.6) is 0 Å². The molecular formula is C26H45FN5O9P. The van der Waals surface area contributed by atoms with Crippen LogP contribution in [-0.2, 0) is 32.9 Å². The largest absolute Gasteiger partial charge is 0.465 e. The summed E-state index contributed by atoms with van der Waals surface area (Å²) in [5, 5.41) is 15.6. The molecule has 1 aliphatic rings. The highest BCUT2D eigenvalue weighted by atomic mass is 31.2. The number of carbonyl (C=O) groups excluding carboxylic acids is 2. The number of hydrogen-bond acceptors (Lipinski definition) is 11. The number of unbranched alkanes of at least 4 members (excludes halogenated alkanes) is 4. The summed E-state index contributed by atoms with van der Waals surface area (Å²) in [4.78, 5) is 40.9. The summed E-state index contributed by atoms with van der Waals surface area (Å²) >= 11 is 0. The van der Waals surface area contributed by atoms with Crippen molar-refractivity contribution >= 4 is 25.4 Å². The number of aliphatic hydroxyl groups is 1. The molecule has 0 aliphatic carbocycles. The molecule has 5 N–H and O–H groups in total. The molecule has 0 saturated carbocycles. The molecule has 1 saturated heterocycles. The van der Waals surface area contributed by atoms with Gasteiger partial charge in [-0.25, -0.2) is 19.4 Å². The number of carbonyl (C=O) groups is 2. The number of nitrogens with two attached hydrogens (primary N) is 1. The monoisotopic (exact) mass is 621 g/mol. The molecule has 14 nitrogen and oxygen atoms in total. The number of alkyl halides is 1. The number of esters is 2. The number of rotatable bonds is 18. The molecule has 2 rings (SSSR count). The summed E-state index contributed by atoms with van der Waals surface area (Å²) in [5.41, 5.74) is 2.73. The molecule has 0 radical (unpaired) electrons. The average molecular weight is 622 g/mol. The molecule has 1 aliphatic heterocycles. The zero-order valence-electron chi connectivity index (χ0n) is 24.9. The van der Waals surface area contributed by atoms with Crippen LogP contribution < -0.4 is 21.6 Å². The van der Waals surface area contributed by atoms with Crippen molar-refractivity contribution in [2.75, 3.05) is 25.6 Å². The molecule has 42 heavy (non-hydrogen) atoms. The lowest BCUT2D eigenvalue weighted by Crippen LogP contribution is -2.46. The normalized spacial score (nSPS) is 23.8. The second kappa shape index (κ2) is 16.4. The summed E-state index contributed by atoms with van der Waals surface area (Å²) in [6, 6.07) is -1.01. The third-order valence-electron chi connectivity index (χ3n) is 6.64. The van der Waals surface area contributed by atoms with Gasteiger partial charge in [0.15, 0.2) is 12.4 Å². The summed E-state index contributed by atoms with van der Waals surface area (Å²) in [7, 11) is -4.31. The van der Waals surface area contributed by atoms with Crippen molar-refractivity contribution in [1.29, 1.82) is 0 Å². The molecule has 2 heterocycles. The van der Waals surface area contributed by atoms with Gasteiger partial charge in [-0.15, -0.1) is 0 Å². The van der Waals surface area contributed by atoms with Crippen molar-refractivity contribution in [2.24, 2.45) is 0 Å². The van der Waals surface area contributed by atoms with E-state index in [9.17, 15) is 24.1 Å². The number of halogens is 1. The minimum atomic E-state index is -4.31. The summed E-state index contributed by atoms with van der Waals surface area (Å²) in [6.45, 7) is 7.70. The Kier molecular flexibility index (Phi) is 14.0. The van der Waals surface area contributed by atoms with E-state index in [-0.39, 0.29) is 19.0 Å². The highest BCUT2D eigenvalue weighted by Crippen LogP contribution is 2.45. The third kappa shape index (κ3) is 10.1. The number of nitrogens with one attached hydrogen (secondary N) is 2. The quantitative estimate of drug-likeness (QED) is 0.106. The fourth-order valence-electron chi connectivity index (χ4n) is 4.12. The number of nitrogens with zero attached hydrogens (tertiary/aromatic N) is 2. The zero-order valence-corrected chi connectivity index (χ0v) is 25.8. The minimum Gasteiger partial charge on any atom is -0.465 e. The average Bonchev–Trinajstić information content (AvgIpc) is 3.16. The molecular weight excluding hydrogens is 576 g/mol. The Bertz CT molecular complexity index is 1110. The minimum absolute atomic E-state index is 0.0688. The molecule has 240 valence electrons. The van der Waals surface area contributed by atoms with E-state index in [1.807, 2.05) is 13.8 Å². The lowest BCUT2D eigenvalue weighted by molar-refractivity contribution is -0.145. The van der Waals surface area contributed by atoms with Gasteiger partial charge in [0.2, 0.25) is 0 Å². The summed E-state index contributed by atoms with van der Waals surface area (Å²) in [6.07, 6.45) is 0.725. The van der Waals surface area contributed by atoms with Crippen LogP contribution in [0.1, 0.15) is 79.4 Å². The molecule has 0 spiro atoms. The van der Waals surface area contributed by atoms with Gasteiger partial charge in [0, 0.05) is 6.20 Å². The maximum absolute atomic E-state index is 15.4. The van der Waals surface area contributed by atoms with Gasteiger partial charge in [0.05, 0.1) is 19.8 Å². The van der Waals surface area contributed by atoms with Gasteiger partial charge in [0.1, 0.15) is 29.6 Å². The fraction of sp³-hybridized carbons (Fsp3) is 0.769. The van der Waals surface area contributed by atoms with Crippen LogP contribution in [0, 0.1) is 0 Å². The van der Waals surface area contributed by atoms with Gasteiger partial charge < -0.3 is 29.6 Å². The van der Waals surface area contributed by atoms with E-state index in [1.165, 1.54) is 33.0 Å². The Hall–Kier alpha value is -2.42. The summed E-state index contributed by atoms with van der Waals surface area (Å²) < 4.78 is 52.0. The molecule has 1 aromatic rings. The van der Waals surface area contributed by atoms with E-state index in [2.05, 4.69) is 15.2 Å². The number of anilines is 1. The van der Waals surface area contributed by atoms with E-state index in [0.717, 1.165) is 30.3 Å². The standard InChI is InChI=1S/C26H45FN5O9P/c1-6-8-10-14-38-23(34)17(3)30-42(37,31-18(4)24(35)39-15-11-9-7-2)40-16-26(5)21(27)20(33)22(41-26)32-13-12-19(28)29-25(32)36/h12-13,17-18,20-22,33H,6-11,14-16H2,1-5H3,(H2,28,29,36)(H2,30,31,37)/t17-,18-,20+,21-,22+,26+/m0/s1. The molecule has 1 aromatic heterocycles. The van der Waals surface area contributed by atoms with E-state index < -0.39 is 68.1 Å². The van der Waals surface area contributed by atoms with Gasteiger partial charge in [0.25, 0.3) is 0 Å². The highest BCUT2D eigenvalue weighted by molar-refractivity contribution is 7.54. The molecule has 0 amide bonds. The lowest BCUT2D eigenvalue weighted by Gasteiger charge is -2.31. The van der Waals surface area contributed by atoms with Crippen molar-refractivity contribution in [3.63, 3.8) is 0 Å². The molecule has 0 aromatic carbocycles. The first-order valence-corrected chi connectivity index (χ1v) is 15.9. The van der Waals surface area contributed by atoms with E-state index in [1.54, 1.807) is 0 Å². The van der Waals surface area contributed by atoms with Crippen LogP contribution >= 0.6 is 7.67 Å². The molecule has 1 fully saturated rings. The van der Waals surface area contributed by atoms with Crippen LogP contribution in [0.3, 0.4) is 0 Å². The van der Waals surface area contributed by atoms with Crippen LogP contribution in [0.15, 0.2) is 17.1 Å². The number of aliphatic hydroxyl groups excluding tert-OH is 1. The topological polar surface area (TPSA) is 193 Å². The number of hydrogen-bond donors (Lipinski definition) is 4. The van der Waals surface area contributed by atoms with Gasteiger partial charge in [-0.3, -0.25) is 18.7 Å². The molecule has 0 unspecified atom stereocenters. The van der Waals surface area contributed by atoms with Crippen LogP contribution in [0.4, 0.5) is 10.2 Å². The van der Waals surface area contributed by atoms with E-state index >= 15 is 4.39 Å².